The van der Waals surface area contributed by atoms with Crippen molar-refractivity contribution in [1.29, 1.82) is 0 Å². The molecule has 0 saturated heterocycles. The summed E-state index contributed by atoms with van der Waals surface area (Å²) in [4.78, 5) is 13.1. The Hall–Kier alpha value is -0.870. The van der Waals surface area contributed by atoms with Crippen LogP contribution in [0.2, 0.25) is 0 Å². The summed E-state index contributed by atoms with van der Waals surface area (Å²) < 4.78 is 5.09. The van der Waals surface area contributed by atoms with Gasteiger partial charge in [-0.05, 0) is 38.1 Å². The van der Waals surface area contributed by atoms with Crippen molar-refractivity contribution in [2.24, 2.45) is 0 Å². The van der Waals surface area contributed by atoms with Crippen molar-refractivity contribution in [3.05, 3.63) is 22.4 Å². The van der Waals surface area contributed by atoms with Crippen molar-refractivity contribution in [2.45, 2.75) is 52.1 Å². The normalized spacial score (nSPS) is 14.2. The van der Waals surface area contributed by atoms with Crippen LogP contribution in [0.25, 0.3) is 0 Å². The van der Waals surface area contributed by atoms with Gasteiger partial charge in [0, 0.05) is 10.9 Å². The standard InChI is InChI=1S/C14H23NO2S/c1-4-7-13(14(16)17-5-2)15-11(3)10-12-8-6-9-18-12/h6,8-9,11,13,15H,4-5,7,10H2,1-3H3. The zero-order valence-electron chi connectivity index (χ0n) is 11.4. The molecule has 102 valence electrons. The highest BCUT2D eigenvalue weighted by atomic mass is 32.1. The lowest BCUT2D eigenvalue weighted by Crippen LogP contribution is -2.43. The second-order valence-electron chi connectivity index (χ2n) is 4.44. The molecule has 1 rings (SSSR count). The minimum Gasteiger partial charge on any atom is -0.465 e. The predicted octanol–water partition coefficient (Wildman–Crippen LogP) is 3.00. The highest BCUT2D eigenvalue weighted by Crippen LogP contribution is 2.12. The van der Waals surface area contributed by atoms with Crippen molar-refractivity contribution in [2.75, 3.05) is 6.61 Å². The maximum absolute atomic E-state index is 11.8. The van der Waals surface area contributed by atoms with Crippen LogP contribution in [0.1, 0.15) is 38.5 Å². The molecule has 1 aromatic rings. The quantitative estimate of drug-likeness (QED) is 0.737. The monoisotopic (exact) mass is 269 g/mol. The average molecular weight is 269 g/mol. The molecule has 0 fully saturated rings. The van der Waals surface area contributed by atoms with Gasteiger partial charge in [-0.2, -0.15) is 0 Å². The summed E-state index contributed by atoms with van der Waals surface area (Å²) in [5, 5.41) is 5.45. The molecule has 0 aromatic carbocycles. The van der Waals surface area contributed by atoms with Gasteiger partial charge in [-0.15, -0.1) is 11.3 Å². The Morgan fingerprint density at radius 2 is 2.28 bits per heavy atom. The van der Waals surface area contributed by atoms with E-state index in [-0.39, 0.29) is 18.1 Å². The topological polar surface area (TPSA) is 38.3 Å². The summed E-state index contributed by atoms with van der Waals surface area (Å²) in [5.41, 5.74) is 0. The van der Waals surface area contributed by atoms with Crippen molar-refractivity contribution < 1.29 is 9.53 Å². The van der Waals surface area contributed by atoms with E-state index in [2.05, 4.69) is 36.7 Å². The maximum Gasteiger partial charge on any atom is 0.323 e. The smallest absolute Gasteiger partial charge is 0.323 e. The molecular weight excluding hydrogens is 246 g/mol. The third kappa shape index (κ3) is 5.19. The number of esters is 1. The fourth-order valence-electron chi connectivity index (χ4n) is 1.93. The van der Waals surface area contributed by atoms with Crippen LogP contribution in [0.15, 0.2) is 17.5 Å². The first-order valence-corrected chi connectivity index (χ1v) is 7.50. The van der Waals surface area contributed by atoms with E-state index in [1.807, 2.05) is 6.92 Å². The Labute approximate surface area is 114 Å². The highest BCUT2D eigenvalue weighted by molar-refractivity contribution is 7.09. The largest absolute Gasteiger partial charge is 0.465 e. The van der Waals surface area contributed by atoms with Gasteiger partial charge >= 0.3 is 5.97 Å². The van der Waals surface area contributed by atoms with E-state index in [1.54, 1.807) is 11.3 Å². The molecule has 0 aliphatic carbocycles. The van der Waals surface area contributed by atoms with Crippen LogP contribution in [0.3, 0.4) is 0 Å². The molecule has 2 atom stereocenters. The van der Waals surface area contributed by atoms with Gasteiger partial charge in [0.25, 0.3) is 0 Å². The fourth-order valence-corrected chi connectivity index (χ4v) is 2.77. The summed E-state index contributed by atoms with van der Waals surface area (Å²) in [6.07, 6.45) is 2.76. The van der Waals surface area contributed by atoms with E-state index >= 15 is 0 Å². The van der Waals surface area contributed by atoms with Crippen LogP contribution in [0.4, 0.5) is 0 Å². The Kier molecular flexibility index (Phi) is 6.98. The molecular formula is C14H23NO2S. The maximum atomic E-state index is 11.8. The van der Waals surface area contributed by atoms with E-state index < -0.39 is 0 Å². The second-order valence-corrected chi connectivity index (χ2v) is 5.48. The summed E-state index contributed by atoms with van der Waals surface area (Å²) >= 11 is 1.75. The molecule has 0 spiro atoms. The lowest BCUT2D eigenvalue weighted by molar-refractivity contribution is -0.146. The molecule has 2 unspecified atom stereocenters. The molecule has 0 bridgehead atoms. The number of hydrogen-bond acceptors (Lipinski definition) is 4. The van der Waals surface area contributed by atoms with Gasteiger partial charge in [-0.3, -0.25) is 4.79 Å². The van der Waals surface area contributed by atoms with Crippen molar-refractivity contribution in [1.82, 2.24) is 5.32 Å². The van der Waals surface area contributed by atoms with Crippen molar-refractivity contribution >= 4 is 17.3 Å². The molecule has 4 heteroatoms. The van der Waals surface area contributed by atoms with E-state index in [1.165, 1.54) is 4.88 Å². The summed E-state index contributed by atoms with van der Waals surface area (Å²) in [7, 11) is 0. The van der Waals surface area contributed by atoms with Crippen LogP contribution in [0.5, 0.6) is 0 Å². The number of thiophene rings is 1. The van der Waals surface area contributed by atoms with Gasteiger partial charge in [-0.1, -0.05) is 19.4 Å². The number of hydrogen-bond donors (Lipinski definition) is 1. The summed E-state index contributed by atoms with van der Waals surface area (Å²) in [6.45, 7) is 6.48. The van der Waals surface area contributed by atoms with Crippen LogP contribution in [-0.2, 0) is 16.0 Å². The third-order valence-corrected chi connectivity index (χ3v) is 3.62. The number of nitrogens with one attached hydrogen (secondary N) is 1. The minimum atomic E-state index is -0.176. The zero-order valence-corrected chi connectivity index (χ0v) is 12.3. The Morgan fingerprint density at radius 1 is 1.50 bits per heavy atom. The van der Waals surface area contributed by atoms with E-state index in [4.69, 9.17) is 4.74 Å². The Morgan fingerprint density at radius 3 is 2.83 bits per heavy atom. The number of rotatable bonds is 8. The first-order chi connectivity index (χ1) is 8.67. The van der Waals surface area contributed by atoms with Crippen molar-refractivity contribution in [3.63, 3.8) is 0 Å². The van der Waals surface area contributed by atoms with Crippen LogP contribution in [-0.4, -0.2) is 24.7 Å². The average Bonchev–Trinajstić information content (AvgIpc) is 2.81. The molecule has 18 heavy (non-hydrogen) atoms. The second kappa shape index (κ2) is 8.27. The molecule has 1 heterocycles. The van der Waals surface area contributed by atoms with E-state index in [0.29, 0.717) is 6.61 Å². The molecule has 1 N–H and O–H groups in total. The summed E-state index contributed by atoms with van der Waals surface area (Å²) in [6, 6.07) is 4.29. The third-order valence-electron chi connectivity index (χ3n) is 2.72. The predicted molar refractivity (Wildman–Crippen MR) is 75.9 cm³/mol. The Balaban J connectivity index is 2.46. The highest BCUT2D eigenvalue weighted by Gasteiger charge is 2.20. The van der Waals surface area contributed by atoms with E-state index in [9.17, 15) is 4.79 Å². The van der Waals surface area contributed by atoms with Crippen LogP contribution < -0.4 is 5.32 Å². The zero-order chi connectivity index (χ0) is 13.4. The first kappa shape index (κ1) is 15.2. The molecule has 0 radical (unpaired) electrons. The van der Waals surface area contributed by atoms with Crippen LogP contribution in [0, 0.1) is 0 Å². The Bertz CT molecular complexity index is 338. The lowest BCUT2D eigenvalue weighted by atomic mass is 10.1. The number of carbonyl (C=O) groups excluding carboxylic acids is 1. The number of ether oxygens (including phenoxy) is 1. The van der Waals surface area contributed by atoms with Gasteiger partial charge in [0.15, 0.2) is 0 Å². The van der Waals surface area contributed by atoms with Gasteiger partial charge in [0.1, 0.15) is 6.04 Å². The summed E-state index contributed by atoms with van der Waals surface area (Å²) in [5.74, 6) is -0.127. The number of carbonyl (C=O) groups is 1. The molecule has 1 aromatic heterocycles. The van der Waals surface area contributed by atoms with Gasteiger partial charge in [0.2, 0.25) is 0 Å². The van der Waals surface area contributed by atoms with Gasteiger partial charge in [-0.25, -0.2) is 0 Å². The minimum absolute atomic E-state index is 0.127. The molecule has 3 nitrogen and oxygen atoms in total. The first-order valence-electron chi connectivity index (χ1n) is 6.62. The van der Waals surface area contributed by atoms with E-state index in [0.717, 1.165) is 19.3 Å². The van der Waals surface area contributed by atoms with Crippen LogP contribution >= 0.6 is 11.3 Å². The lowest BCUT2D eigenvalue weighted by Gasteiger charge is -2.21. The SMILES string of the molecule is CCCC(NC(C)Cc1cccs1)C(=O)OCC. The molecule has 0 saturated carbocycles. The fraction of sp³-hybridized carbons (Fsp3) is 0.643. The molecule has 0 aliphatic heterocycles. The molecule has 0 amide bonds. The molecule has 0 aliphatic rings. The van der Waals surface area contributed by atoms with Gasteiger partial charge in [0.05, 0.1) is 6.61 Å². The van der Waals surface area contributed by atoms with Crippen molar-refractivity contribution in [3.8, 4) is 0 Å². The van der Waals surface area contributed by atoms with Gasteiger partial charge < -0.3 is 10.1 Å².